The van der Waals surface area contributed by atoms with Crippen molar-refractivity contribution in [1.82, 2.24) is 25.1 Å². The molecule has 0 saturated carbocycles. The molecule has 104 valence electrons. The lowest BCUT2D eigenvalue weighted by atomic mass is 10.4. The molecular weight excluding hydrogens is 280 g/mol. The van der Waals surface area contributed by atoms with Gasteiger partial charge in [-0.15, -0.1) is 0 Å². The molecular formula is C11H12N6O2S. The summed E-state index contributed by atoms with van der Waals surface area (Å²) in [6, 6.07) is 1.64. The van der Waals surface area contributed by atoms with E-state index in [1.165, 1.54) is 12.5 Å². The van der Waals surface area contributed by atoms with E-state index in [-0.39, 0.29) is 4.90 Å². The third-order valence-electron chi connectivity index (χ3n) is 2.86. The number of aromatic nitrogens is 5. The SMILES string of the molecule is Cc1n[nH]c(C)c1S(=O)(=O)Nc1cnc2nc[nH]c2c1. The third-order valence-corrected chi connectivity index (χ3v) is 4.50. The molecule has 9 heteroatoms. The molecule has 0 bridgehead atoms. The van der Waals surface area contributed by atoms with Gasteiger partial charge in [0, 0.05) is 0 Å². The van der Waals surface area contributed by atoms with Gasteiger partial charge in [0.25, 0.3) is 10.0 Å². The lowest BCUT2D eigenvalue weighted by Gasteiger charge is -2.07. The Morgan fingerprint density at radius 3 is 2.75 bits per heavy atom. The van der Waals surface area contributed by atoms with E-state index in [4.69, 9.17) is 0 Å². The average Bonchev–Trinajstić information content (AvgIpc) is 2.95. The minimum absolute atomic E-state index is 0.155. The molecule has 0 fully saturated rings. The van der Waals surface area contributed by atoms with Gasteiger partial charge in [-0.3, -0.25) is 9.82 Å². The van der Waals surface area contributed by atoms with Crippen LogP contribution in [0.5, 0.6) is 0 Å². The first-order chi connectivity index (χ1) is 9.47. The van der Waals surface area contributed by atoms with Crippen molar-refractivity contribution in [3.63, 3.8) is 0 Å². The monoisotopic (exact) mass is 292 g/mol. The topological polar surface area (TPSA) is 116 Å². The minimum Gasteiger partial charge on any atom is -0.343 e. The maximum absolute atomic E-state index is 12.4. The molecule has 0 spiro atoms. The molecule has 3 aromatic rings. The molecule has 0 aliphatic rings. The van der Waals surface area contributed by atoms with Gasteiger partial charge in [-0.05, 0) is 19.9 Å². The fourth-order valence-electron chi connectivity index (χ4n) is 2.03. The van der Waals surface area contributed by atoms with E-state index in [2.05, 4.69) is 29.9 Å². The van der Waals surface area contributed by atoms with Crippen molar-refractivity contribution in [2.24, 2.45) is 0 Å². The fourth-order valence-corrected chi connectivity index (χ4v) is 3.44. The van der Waals surface area contributed by atoms with Gasteiger partial charge in [0.15, 0.2) is 5.65 Å². The number of pyridine rings is 1. The predicted octanol–water partition coefficient (Wildman–Crippen LogP) is 1.10. The number of sulfonamides is 1. The minimum atomic E-state index is -3.70. The molecule has 0 radical (unpaired) electrons. The van der Waals surface area contributed by atoms with Gasteiger partial charge in [0.2, 0.25) is 0 Å². The summed E-state index contributed by atoms with van der Waals surface area (Å²) in [5, 5.41) is 6.54. The van der Waals surface area contributed by atoms with Gasteiger partial charge in [0.1, 0.15) is 4.90 Å². The zero-order valence-corrected chi connectivity index (χ0v) is 11.6. The van der Waals surface area contributed by atoms with Crippen molar-refractivity contribution in [2.75, 3.05) is 4.72 Å². The Bertz CT molecular complexity index is 860. The highest BCUT2D eigenvalue weighted by Crippen LogP contribution is 2.21. The van der Waals surface area contributed by atoms with Gasteiger partial charge < -0.3 is 4.98 Å². The fraction of sp³-hybridized carbons (Fsp3) is 0.182. The lowest BCUT2D eigenvalue weighted by molar-refractivity contribution is 0.600. The largest absolute Gasteiger partial charge is 0.343 e. The number of hydrogen-bond acceptors (Lipinski definition) is 5. The zero-order valence-electron chi connectivity index (χ0n) is 10.8. The highest BCUT2D eigenvalue weighted by molar-refractivity contribution is 7.92. The summed E-state index contributed by atoms with van der Waals surface area (Å²) in [5.74, 6) is 0. The van der Waals surface area contributed by atoms with Crippen LogP contribution in [0.3, 0.4) is 0 Å². The number of anilines is 1. The molecule has 8 nitrogen and oxygen atoms in total. The van der Waals surface area contributed by atoms with Gasteiger partial charge in [0.05, 0.1) is 35.1 Å². The lowest BCUT2D eigenvalue weighted by Crippen LogP contribution is -2.14. The Kier molecular flexibility index (Phi) is 2.71. The van der Waals surface area contributed by atoms with Gasteiger partial charge >= 0.3 is 0 Å². The van der Waals surface area contributed by atoms with E-state index >= 15 is 0 Å². The van der Waals surface area contributed by atoms with Crippen molar-refractivity contribution in [3.05, 3.63) is 30.0 Å². The smallest absolute Gasteiger partial charge is 0.265 e. The molecule has 0 unspecified atom stereocenters. The number of aromatic amines is 2. The summed E-state index contributed by atoms with van der Waals surface area (Å²) in [6.45, 7) is 3.29. The Morgan fingerprint density at radius 2 is 2.05 bits per heavy atom. The van der Waals surface area contributed by atoms with Crippen LogP contribution in [-0.4, -0.2) is 33.6 Å². The second kappa shape index (κ2) is 4.30. The van der Waals surface area contributed by atoms with Crippen LogP contribution in [-0.2, 0) is 10.0 Å². The van der Waals surface area contributed by atoms with Crippen LogP contribution < -0.4 is 4.72 Å². The number of hydrogen-bond donors (Lipinski definition) is 3. The maximum Gasteiger partial charge on any atom is 0.265 e. The number of nitrogens with one attached hydrogen (secondary N) is 3. The highest BCUT2D eigenvalue weighted by atomic mass is 32.2. The van der Waals surface area contributed by atoms with Crippen molar-refractivity contribution in [1.29, 1.82) is 0 Å². The molecule has 0 amide bonds. The summed E-state index contributed by atoms with van der Waals surface area (Å²) >= 11 is 0. The first kappa shape index (κ1) is 12.6. The van der Waals surface area contributed by atoms with Crippen LogP contribution in [0.1, 0.15) is 11.4 Å². The third kappa shape index (κ3) is 2.01. The molecule has 0 saturated heterocycles. The molecule has 3 N–H and O–H groups in total. The van der Waals surface area contributed by atoms with Crippen molar-refractivity contribution in [3.8, 4) is 0 Å². The van der Waals surface area contributed by atoms with Crippen LogP contribution in [0.2, 0.25) is 0 Å². The van der Waals surface area contributed by atoms with E-state index < -0.39 is 10.0 Å². The molecule has 0 aliphatic carbocycles. The molecule has 0 aliphatic heterocycles. The quantitative estimate of drug-likeness (QED) is 0.668. The summed E-state index contributed by atoms with van der Waals surface area (Å²) in [7, 11) is -3.70. The summed E-state index contributed by atoms with van der Waals surface area (Å²) in [5.41, 5.74) is 2.47. The van der Waals surface area contributed by atoms with E-state index in [0.717, 1.165) is 0 Å². The molecule has 20 heavy (non-hydrogen) atoms. The van der Waals surface area contributed by atoms with Crippen LogP contribution in [0, 0.1) is 13.8 Å². The van der Waals surface area contributed by atoms with Crippen molar-refractivity contribution < 1.29 is 8.42 Å². The normalized spacial score (nSPS) is 11.9. The maximum atomic E-state index is 12.4. The van der Waals surface area contributed by atoms with Crippen molar-refractivity contribution in [2.45, 2.75) is 18.7 Å². The standard InChI is InChI=1S/C11H12N6O2S/c1-6-10(7(2)16-15-6)20(18,19)17-8-3-9-11(12-4-8)14-5-13-9/h3-5,17H,1-2H3,(H,15,16)(H,12,13,14). The van der Waals surface area contributed by atoms with Crippen LogP contribution in [0.4, 0.5) is 5.69 Å². The molecule has 3 aromatic heterocycles. The number of aryl methyl sites for hydroxylation is 2. The summed E-state index contributed by atoms with van der Waals surface area (Å²) in [6.07, 6.45) is 2.92. The number of fused-ring (bicyclic) bond motifs is 1. The second-order valence-electron chi connectivity index (χ2n) is 4.37. The number of H-pyrrole nitrogens is 2. The Balaban J connectivity index is 2.01. The first-order valence-electron chi connectivity index (χ1n) is 5.81. The van der Waals surface area contributed by atoms with Gasteiger partial charge in [-0.1, -0.05) is 0 Å². The first-order valence-corrected chi connectivity index (χ1v) is 7.29. The number of imidazole rings is 1. The van der Waals surface area contributed by atoms with Gasteiger partial charge in [-0.25, -0.2) is 18.4 Å². The summed E-state index contributed by atoms with van der Waals surface area (Å²) in [4.78, 5) is 11.1. The molecule has 0 atom stereocenters. The Hall–Kier alpha value is -2.42. The second-order valence-corrected chi connectivity index (χ2v) is 5.99. The van der Waals surface area contributed by atoms with E-state index in [1.807, 2.05) is 0 Å². The highest BCUT2D eigenvalue weighted by Gasteiger charge is 2.22. The van der Waals surface area contributed by atoms with Gasteiger partial charge in [-0.2, -0.15) is 5.10 Å². The predicted molar refractivity (Wildman–Crippen MR) is 72.8 cm³/mol. The van der Waals surface area contributed by atoms with Crippen LogP contribution in [0.15, 0.2) is 23.5 Å². The van der Waals surface area contributed by atoms with E-state index in [1.54, 1.807) is 19.9 Å². The van der Waals surface area contributed by atoms with E-state index in [9.17, 15) is 8.42 Å². The van der Waals surface area contributed by atoms with Crippen LogP contribution >= 0.6 is 0 Å². The molecule has 0 aromatic carbocycles. The molecule has 3 rings (SSSR count). The van der Waals surface area contributed by atoms with Crippen LogP contribution in [0.25, 0.3) is 11.2 Å². The summed E-state index contributed by atoms with van der Waals surface area (Å²) < 4.78 is 27.2. The number of nitrogens with zero attached hydrogens (tertiary/aromatic N) is 3. The molecule has 3 heterocycles. The Labute approximate surface area is 114 Å². The number of rotatable bonds is 3. The van der Waals surface area contributed by atoms with Crippen molar-refractivity contribution >= 4 is 26.9 Å². The Morgan fingerprint density at radius 1 is 1.25 bits per heavy atom. The zero-order chi connectivity index (χ0) is 14.3. The average molecular weight is 292 g/mol. The van der Waals surface area contributed by atoms with E-state index in [0.29, 0.717) is 28.2 Å².